The Morgan fingerprint density at radius 3 is 2.50 bits per heavy atom. The number of hydrogen-bond donors (Lipinski definition) is 0. The molecule has 2 heterocycles. The van der Waals surface area contributed by atoms with Crippen molar-refractivity contribution in [3.05, 3.63) is 88.1 Å². The van der Waals surface area contributed by atoms with Gasteiger partial charge < -0.3 is 9.47 Å². The number of carbonyl (C=O) groups is 1. The average molecular weight is 401 g/mol. The predicted octanol–water partition coefficient (Wildman–Crippen LogP) is 3.18. The lowest BCUT2D eigenvalue weighted by Crippen LogP contribution is -2.34. The Labute approximate surface area is 174 Å². The van der Waals surface area contributed by atoms with Crippen LogP contribution < -0.4 is 5.43 Å². The van der Waals surface area contributed by atoms with E-state index in [9.17, 15) is 9.59 Å². The lowest BCUT2D eigenvalue weighted by molar-refractivity contribution is 0.0771. The summed E-state index contributed by atoms with van der Waals surface area (Å²) in [7, 11) is 1.66. The van der Waals surface area contributed by atoms with Crippen LogP contribution in [0.5, 0.6) is 0 Å². The Balaban J connectivity index is 1.67. The summed E-state index contributed by atoms with van der Waals surface area (Å²) in [6.07, 6.45) is 0. The summed E-state index contributed by atoms with van der Waals surface area (Å²) in [5.41, 5.74) is 2.87. The SMILES string of the molecule is CCn1c(CN(C)C(=O)c2nn(-c3ccccc3)c(C)cc2=O)nc2ccccc21. The molecule has 0 saturated heterocycles. The van der Waals surface area contributed by atoms with Crippen LogP contribution in [0.15, 0.2) is 65.5 Å². The van der Waals surface area contributed by atoms with E-state index >= 15 is 0 Å². The molecule has 0 N–H and O–H groups in total. The van der Waals surface area contributed by atoms with E-state index in [0.717, 1.165) is 29.1 Å². The molecule has 4 rings (SSSR count). The molecule has 0 unspecified atom stereocenters. The molecule has 0 atom stereocenters. The fourth-order valence-corrected chi connectivity index (χ4v) is 3.59. The highest BCUT2D eigenvalue weighted by atomic mass is 16.2. The highest BCUT2D eigenvalue weighted by Gasteiger charge is 2.21. The molecule has 0 aliphatic rings. The number of amides is 1. The van der Waals surface area contributed by atoms with E-state index in [2.05, 4.69) is 14.6 Å². The van der Waals surface area contributed by atoms with Gasteiger partial charge >= 0.3 is 0 Å². The van der Waals surface area contributed by atoms with E-state index in [0.29, 0.717) is 5.69 Å². The van der Waals surface area contributed by atoms with Gasteiger partial charge in [0.2, 0.25) is 5.43 Å². The van der Waals surface area contributed by atoms with Crippen molar-refractivity contribution in [3.63, 3.8) is 0 Å². The van der Waals surface area contributed by atoms with E-state index in [4.69, 9.17) is 0 Å². The zero-order chi connectivity index (χ0) is 21.3. The van der Waals surface area contributed by atoms with E-state index in [1.807, 2.05) is 61.5 Å². The van der Waals surface area contributed by atoms with Crippen LogP contribution in [-0.4, -0.2) is 37.2 Å². The van der Waals surface area contributed by atoms with Crippen LogP contribution in [0.2, 0.25) is 0 Å². The Morgan fingerprint density at radius 1 is 1.07 bits per heavy atom. The molecular formula is C23H23N5O2. The van der Waals surface area contributed by atoms with Gasteiger partial charge in [0.25, 0.3) is 5.91 Å². The molecule has 0 bridgehead atoms. The van der Waals surface area contributed by atoms with Gasteiger partial charge in [0, 0.05) is 25.4 Å². The maximum atomic E-state index is 13.1. The standard InChI is InChI=1S/C23H23N5O2/c1-4-27-19-13-9-8-12-18(19)24-21(27)15-26(3)23(30)22-20(29)14-16(2)28(25-22)17-10-6-5-7-11-17/h5-14H,4,15H2,1-3H3. The molecule has 0 aliphatic heterocycles. The number of fused-ring (bicyclic) bond motifs is 1. The molecule has 30 heavy (non-hydrogen) atoms. The first-order valence-electron chi connectivity index (χ1n) is 9.85. The summed E-state index contributed by atoms with van der Waals surface area (Å²) in [5, 5.41) is 4.38. The molecule has 4 aromatic rings. The Hall–Kier alpha value is -3.74. The van der Waals surface area contributed by atoms with Gasteiger partial charge in [0.15, 0.2) is 5.69 Å². The minimum Gasteiger partial charge on any atom is -0.333 e. The van der Waals surface area contributed by atoms with E-state index < -0.39 is 5.91 Å². The Bertz CT molecular complexity index is 1270. The molecule has 0 fully saturated rings. The number of aromatic nitrogens is 4. The molecule has 2 aromatic carbocycles. The van der Waals surface area contributed by atoms with Crippen molar-refractivity contribution in [2.75, 3.05) is 7.05 Å². The number of rotatable bonds is 5. The van der Waals surface area contributed by atoms with Crippen LogP contribution in [0.25, 0.3) is 16.7 Å². The third-order valence-electron chi connectivity index (χ3n) is 5.09. The number of benzene rings is 2. The second kappa shape index (κ2) is 7.94. The fraction of sp³-hybridized carbons (Fsp3) is 0.217. The zero-order valence-corrected chi connectivity index (χ0v) is 17.2. The van der Waals surface area contributed by atoms with Crippen LogP contribution in [0.4, 0.5) is 0 Å². The third-order valence-corrected chi connectivity index (χ3v) is 5.09. The summed E-state index contributed by atoms with van der Waals surface area (Å²) in [6.45, 7) is 4.85. The first-order valence-corrected chi connectivity index (χ1v) is 9.85. The molecule has 152 valence electrons. The highest BCUT2D eigenvalue weighted by molar-refractivity contribution is 5.92. The van der Waals surface area contributed by atoms with Gasteiger partial charge in [-0.05, 0) is 38.1 Å². The van der Waals surface area contributed by atoms with Crippen LogP contribution >= 0.6 is 0 Å². The summed E-state index contributed by atoms with van der Waals surface area (Å²) in [6, 6.07) is 18.8. The van der Waals surface area contributed by atoms with Crippen molar-refractivity contribution in [2.24, 2.45) is 0 Å². The summed E-state index contributed by atoms with van der Waals surface area (Å²) in [5.74, 6) is 0.337. The smallest absolute Gasteiger partial charge is 0.278 e. The third kappa shape index (κ3) is 3.50. The van der Waals surface area contributed by atoms with Gasteiger partial charge in [-0.3, -0.25) is 9.59 Å². The number of para-hydroxylation sites is 3. The van der Waals surface area contributed by atoms with Gasteiger partial charge in [0.05, 0.1) is 23.3 Å². The van der Waals surface area contributed by atoms with Crippen LogP contribution in [-0.2, 0) is 13.1 Å². The van der Waals surface area contributed by atoms with Gasteiger partial charge in [0.1, 0.15) is 5.82 Å². The lowest BCUT2D eigenvalue weighted by Gasteiger charge is -2.18. The molecule has 0 aliphatic carbocycles. The number of hydrogen-bond acceptors (Lipinski definition) is 4. The van der Waals surface area contributed by atoms with Crippen molar-refractivity contribution >= 4 is 16.9 Å². The molecule has 0 radical (unpaired) electrons. The van der Waals surface area contributed by atoms with Gasteiger partial charge in [-0.15, -0.1) is 0 Å². The lowest BCUT2D eigenvalue weighted by atomic mass is 10.2. The molecule has 7 nitrogen and oxygen atoms in total. The molecule has 0 spiro atoms. The van der Waals surface area contributed by atoms with Crippen molar-refractivity contribution in [2.45, 2.75) is 26.9 Å². The number of nitrogens with zero attached hydrogens (tertiary/aromatic N) is 5. The maximum absolute atomic E-state index is 13.1. The van der Waals surface area contributed by atoms with E-state index in [-0.39, 0.29) is 17.7 Å². The number of aryl methyl sites for hydroxylation is 2. The maximum Gasteiger partial charge on any atom is 0.278 e. The van der Waals surface area contributed by atoms with Gasteiger partial charge in [-0.25, -0.2) is 9.67 Å². The zero-order valence-electron chi connectivity index (χ0n) is 17.2. The van der Waals surface area contributed by atoms with Crippen LogP contribution in [0.1, 0.15) is 28.9 Å². The Kier molecular flexibility index (Phi) is 5.18. The molecular weight excluding hydrogens is 378 g/mol. The quantitative estimate of drug-likeness (QED) is 0.515. The normalized spacial score (nSPS) is 11.0. The predicted molar refractivity (Wildman–Crippen MR) is 116 cm³/mol. The van der Waals surface area contributed by atoms with Gasteiger partial charge in [-0.2, -0.15) is 5.10 Å². The molecule has 7 heteroatoms. The molecule has 1 amide bonds. The first-order chi connectivity index (χ1) is 14.5. The minimum atomic E-state index is -0.431. The van der Waals surface area contributed by atoms with Crippen molar-refractivity contribution in [3.8, 4) is 5.69 Å². The van der Waals surface area contributed by atoms with Crippen molar-refractivity contribution < 1.29 is 4.79 Å². The minimum absolute atomic E-state index is 0.105. The van der Waals surface area contributed by atoms with Crippen LogP contribution in [0, 0.1) is 6.92 Å². The van der Waals surface area contributed by atoms with Crippen molar-refractivity contribution in [1.82, 2.24) is 24.2 Å². The number of carbonyl (C=O) groups excluding carboxylic acids is 1. The highest BCUT2D eigenvalue weighted by Crippen LogP contribution is 2.17. The monoisotopic (exact) mass is 401 g/mol. The topological polar surface area (TPSA) is 73.0 Å². The van der Waals surface area contributed by atoms with Crippen LogP contribution in [0.3, 0.4) is 0 Å². The molecule has 0 saturated carbocycles. The number of imidazole rings is 1. The summed E-state index contributed by atoms with van der Waals surface area (Å²) >= 11 is 0. The largest absolute Gasteiger partial charge is 0.333 e. The molecule has 2 aromatic heterocycles. The average Bonchev–Trinajstić information content (AvgIpc) is 3.10. The second-order valence-corrected chi connectivity index (χ2v) is 7.17. The van der Waals surface area contributed by atoms with Crippen molar-refractivity contribution in [1.29, 1.82) is 0 Å². The summed E-state index contributed by atoms with van der Waals surface area (Å²) < 4.78 is 3.69. The van der Waals surface area contributed by atoms with Gasteiger partial charge in [-0.1, -0.05) is 30.3 Å². The summed E-state index contributed by atoms with van der Waals surface area (Å²) in [4.78, 5) is 31.8. The Morgan fingerprint density at radius 2 is 1.77 bits per heavy atom. The first kappa shape index (κ1) is 19.6. The second-order valence-electron chi connectivity index (χ2n) is 7.17. The van der Waals surface area contributed by atoms with E-state index in [1.165, 1.54) is 11.0 Å². The fourth-order valence-electron chi connectivity index (χ4n) is 3.59. The van der Waals surface area contributed by atoms with E-state index in [1.54, 1.807) is 18.7 Å².